The van der Waals surface area contributed by atoms with Crippen LogP contribution in [0, 0.1) is 5.82 Å². The topological polar surface area (TPSA) is 60.4 Å². The van der Waals surface area contributed by atoms with Gasteiger partial charge in [-0.05, 0) is 54.6 Å². The predicted octanol–water partition coefficient (Wildman–Crippen LogP) is 5.18. The molecule has 4 rings (SSSR count). The average Bonchev–Trinajstić information content (AvgIpc) is 3.25. The van der Waals surface area contributed by atoms with E-state index in [1.54, 1.807) is 32.2 Å². The second kappa shape index (κ2) is 9.48. The van der Waals surface area contributed by atoms with E-state index in [1.165, 1.54) is 23.9 Å². The molecule has 0 N–H and O–H groups in total. The Labute approximate surface area is 190 Å². The molecular formula is C24H23FN2O4S. The van der Waals surface area contributed by atoms with E-state index in [1.807, 2.05) is 35.6 Å². The van der Waals surface area contributed by atoms with Gasteiger partial charge >= 0.3 is 5.97 Å². The van der Waals surface area contributed by atoms with E-state index in [2.05, 4.69) is 4.99 Å². The summed E-state index contributed by atoms with van der Waals surface area (Å²) in [6, 6.07) is 11.4. The normalized spacial score (nSPS) is 17.2. The van der Waals surface area contributed by atoms with Crippen LogP contribution in [0.15, 0.2) is 70.3 Å². The number of methoxy groups -OCH3 is 1. The van der Waals surface area contributed by atoms with Gasteiger partial charge < -0.3 is 19.1 Å². The summed E-state index contributed by atoms with van der Waals surface area (Å²) in [5.41, 5.74) is 2.66. The van der Waals surface area contributed by atoms with E-state index in [9.17, 15) is 9.18 Å². The van der Waals surface area contributed by atoms with Crippen molar-refractivity contribution >= 4 is 22.9 Å². The molecule has 0 aliphatic carbocycles. The number of carbonyl (C=O) groups is 1. The van der Waals surface area contributed by atoms with E-state index in [0.29, 0.717) is 28.3 Å². The first-order valence-electron chi connectivity index (χ1n) is 10.1. The van der Waals surface area contributed by atoms with E-state index < -0.39 is 12.0 Å². The molecule has 8 heteroatoms. The van der Waals surface area contributed by atoms with Gasteiger partial charge in [0.2, 0.25) is 0 Å². The zero-order valence-corrected chi connectivity index (χ0v) is 18.8. The number of ether oxygens (including phenoxy) is 3. The van der Waals surface area contributed by atoms with Gasteiger partial charge in [0.15, 0.2) is 16.7 Å². The summed E-state index contributed by atoms with van der Waals surface area (Å²) in [6.07, 6.45) is 1.90. The maximum Gasteiger partial charge on any atom is 0.338 e. The van der Waals surface area contributed by atoms with Crippen molar-refractivity contribution in [3.63, 3.8) is 0 Å². The van der Waals surface area contributed by atoms with Crippen LogP contribution in [0.4, 0.5) is 4.39 Å². The second-order valence-corrected chi connectivity index (χ2v) is 8.03. The van der Waals surface area contributed by atoms with E-state index in [0.717, 1.165) is 10.7 Å². The number of amidine groups is 1. The summed E-state index contributed by atoms with van der Waals surface area (Å²) in [4.78, 5) is 19.3. The molecule has 2 aromatic rings. The lowest BCUT2D eigenvalue weighted by molar-refractivity contribution is -0.139. The number of carbonyl (C=O) groups excluding carboxylic acids is 1. The van der Waals surface area contributed by atoms with Crippen LogP contribution in [-0.4, -0.2) is 29.8 Å². The van der Waals surface area contributed by atoms with E-state index in [-0.39, 0.29) is 19.0 Å². The molecule has 0 aromatic heterocycles. The van der Waals surface area contributed by atoms with Crippen LogP contribution >= 0.6 is 11.8 Å². The van der Waals surface area contributed by atoms with Gasteiger partial charge in [-0.25, -0.2) is 14.2 Å². The Morgan fingerprint density at radius 3 is 2.81 bits per heavy atom. The first-order chi connectivity index (χ1) is 15.5. The molecular weight excluding hydrogens is 431 g/mol. The number of fused-ring (bicyclic) bond motifs is 1. The maximum absolute atomic E-state index is 13.4. The van der Waals surface area contributed by atoms with Gasteiger partial charge in [-0.1, -0.05) is 30.0 Å². The third-order valence-electron chi connectivity index (χ3n) is 5.10. The largest absolute Gasteiger partial charge is 0.493 e. The Balaban J connectivity index is 1.66. The number of rotatable bonds is 7. The summed E-state index contributed by atoms with van der Waals surface area (Å²) < 4.78 is 30.2. The Morgan fingerprint density at radius 2 is 2.06 bits per heavy atom. The molecule has 32 heavy (non-hydrogen) atoms. The molecule has 0 saturated heterocycles. The SMILES string of the molecule is CCOC(=O)C1=C(C)N=C2SC=CN2[C@H]1c1ccc(OCc2cccc(F)c2)c(OC)c1. The number of halogens is 1. The minimum absolute atomic E-state index is 0.201. The lowest BCUT2D eigenvalue weighted by Gasteiger charge is -2.33. The Kier molecular flexibility index (Phi) is 6.50. The molecule has 2 heterocycles. The van der Waals surface area contributed by atoms with Crippen LogP contribution in [0.25, 0.3) is 0 Å². The zero-order chi connectivity index (χ0) is 22.7. The number of hydrogen-bond donors (Lipinski definition) is 0. The number of thioether (sulfide) groups is 1. The highest BCUT2D eigenvalue weighted by Gasteiger charge is 2.37. The number of esters is 1. The van der Waals surface area contributed by atoms with Crippen molar-refractivity contribution in [3.05, 3.63) is 82.3 Å². The lowest BCUT2D eigenvalue weighted by atomic mass is 9.94. The summed E-state index contributed by atoms with van der Waals surface area (Å²) >= 11 is 1.50. The molecule has 0 saturated carbocycles. The fourth-order valence-corrected chi connectivity index (χ4v) is 4.45. The van der Waals surface area contributed by atoms with Gasteiger partial charge in [0.25, 0.3) is 0 Å². The standard InChI is InChI=1S/C24H23FN2O4S/c1-4-30-23(28)21-15(2)26-24-27(10-11-32-24)22(21)17-8-9-19(20(13-17)29-3)31-14-16-6-5-7-18(25)12-16/h5-13,22H,4,14H2,1-3H3/t22-/m0/s1. The van der Waals surface area contributed by atoms with Gasteiger partial charge in [0, 0.05) is 6.20 Å². The van der Waals surface area contributed by atoms with Crippen molar-refractivity contribution in [1.82, 2.24) is 4.90 Å². The van der Waals surface area contributed by atoms with Crippen LogP contribution in [0.1, 0.15) is 31.0 Å². The smallest absolute Gasteiger partial charge is 0.338 e. The third-order valence-corrected chi connectivity index (χ3v) is 5.87. The number of allylic oxidation sites excluding steroid dienone is 1. The summed E-state index contributed by atoms with van der Waals surface area (Å²) in [5.74, 6) is 0.330. The molecule has 0 radical (unpaired) electrons. The summed E-state index contributed by atoms with van der Waals surface area (Å²) in [5, 5.41) is 2.73. The molecule has 2 aromatic carbocycles. The molecule has 0 fully saturated rings. The summed E-state index contributed by atoms with van der Waals surface area (Å²) in [6.45, 7) is 4.07. The van der Waals surface area contributed by atoms with Crippen LogP contribution in [-0.2, 0) is 16.1 Å². The fraction of sp³-hybridized carbons (Fsp3) is 0.250. The molecule has 166 valence electrons. The minimum atomic E-state index is -0.404. The van der Waals surface area contributed by atoms with Gasteiger partial charge in [0.1, 0.15) is 12.4 Å². The van der Waals surface area contributed by atoms with Crippen molar-refractivity contribution in [1.29, 1.82) is 0 Å². The molecule has 2 aliphatic heterocycles. The molecule has 2 aliphatic rings. The quantitative estimate of drug-likeness (QED) is 0.537. The van der Waals surface area contributed by atoms with Crippen LogP contribution in [0.2, 0.25) is 0 Å². The zero-order valence-electron chi connectivity index (χ0n) is 18.0. The second-order valence-electron chi connectivity index (χ2n) is 7.16. The molecule has 0 amide bonds. The Hall–Kier alpha value is -3.26. The number of benzene rings is 2. The predicted molar refractivity (Wildman–Crippen MR) is 122 cm³/mol. The first-order valence-corrected chi connectivity index (χ1v) is 11.0. The Morgan fingerprint density at radius 1 is 1.22 bits per heavy atom. The average molecular weight is 455 g/mol. The Bertz CT molecular complexity index is 1130. The van der Waals surface area contributed by atoms with Crippen molar-refractivity contribution in [2.24, 2.45) is 4.99 Å². The van der Waals surface area contributed by atoms with Gasteiger partial charge in [-0.3, -0.25) is 0 Å². The number of hydrogen-bond acceptors (Lipinski definition) is 7. The van der Waals surface area contributed by atoms with Crippen molar-refractivity contribution < 1.29 is 23.4 Å². The maximum atomic E-state index is 13.4. The van der Waals surface area contributed by atoms with E-state index in [4.69, 9.17) is 14.2 Å². The highest BCUT2D eigenvalue weighted by molar-refractivity contribution is 8.16. The molecule has 1 atom stereocenters. The van der Waals surface area contributed by atoms with Gasteiger partial charge in [-0.15, -0.1) is 0 Å². The molecule has 0 spiro atoms. The van der Waals surface area contributed by atoms with Crippen molar-refractivity contribution in [2.75, 3.05) is 13.7 Å². The van der Waals surface area contributed by atoms with Gasteiger partial charge in [-0.2, -0.15) is 0 Å². The van der Waals surface area contributed by atoms with E-state index >= 15 is 0 Å². The van der Waals surface area contributed by atoms with Crippen molar-refractivity contribution in [2.45, 2.75) is 26.5 Å². The van der Waals surface area contributed by atoms with Crippen LogP contribution < -0.4 is 9.47 Å². The lowest BCUT2D eigenvalue weighted by Crippen LogP contribution is -2.34. The van der Waals surface area contributed by atoms with Crippen molar-refractivity contribution in [3.8, 4) is 11.5 Å². The highest BCUT2D eigenvalue weighted by Crippen LogP contribution is 2.43. The summed E-state index contributed by atoms with van der Waals surface area (Å²) in [7, 11) is 1.56. The highest BCUT2D eigenvalue weighted by atomic mass is 32.2. The molecule has 0 unspecified atom stereocenters. The molecule has 6 nitrogen and oxygen atoms in total. The molecule has 0 bridgehead atoms. The van der Waals surface area contributed by atoms with Crippen LogP contribution in [0.5, 0.6) is 11.5 Å². The minimum Gasteiger partial charge on any atom is -0.493 e. The van der Waals surface area contributed by atoms with Gasteiger partial charge in [0.05, 0.1) is 31.0 Å². The number of aliphatic imine (C=N–C) groups is 1. The first kappa shape index (κ1) is 22.0. The number of nitrogens with zero attached hydrogens (tertiary/aromatic N) is 2. The fourth-order valence-electron chi connectivity index (χ4n) is 3.66. The van der Waals surface area contributed by atoms with Crippen LogP contribution in [0.3, 0.4) is 0 Å². The third kappa shape index (κ3) is 4.36. The monoisotopic (exact) mass is 454 g/mol.